The summed E-state index contributed by atoms with van der Waals surface area (Å²) in [6, 6.07) is 13.2. The minimum atomic E-state index is -0.418. The van der Waals surface area contributed by atoms with Gasteiger partial charge in [-0.1, -0.05) is 18.2 Å². The van der Waals surface area contributed by atoms with Gasteiger partial charge >= 0.3 is 0 Å². The van der Waals surface area contributed by atoms with E-state index in [4.69, 9.17) is 10.2 Å². The van der Waals surface area contributed by atoms with Gasteiger partial charge in [0.25, 0.3) is 0 Å². The summed E-state index contributed by atoms with van der Waals surface area (Å²) in [5.74, 6) is 1.56. The van der Waals surface area contributed by atoms with Gasteiger partial charge in [0.15, 0.2) is 5.78 Å². The molecule has 0 spiro atoms. The SMILES string of the molecule is Nc1nc2n(n1)[C@@H](c1ccnc3ccccc13)C1=C(C[C@H](c3ccco3)CC1=O)N2. The van der Waals surface area contributed by atoms with Crippen molar-refractivity contribution in [2.75, 3.05) is 11.1 Å². The van der Waals surface area contributed by atoms with Crippen molar-refractivity contribution in [1.82, 2.24) is 19.7 Å². The Kier molecular flexibility index (Phi) is 3.55. The lowest BCUT2D eigenvalue weighted by Gasteiger charge is -2.34. The number of nitrogens with zero attached hydrogens (tertiary/aromatic N) is 4. The third-order valence-corrected chi connectivity index (χ3v) is 5.86. The van der Waals surface area contributed by atoms with Crippen molar-refractivity contribution in [3.8, 4) is 0 Å². The molecule has 0 bridgehead atoms. The van der Waals surface area contributed by atoms with Gasteiger partial charge in [-0.25, -0.2) is 4.68 Å². The highest BCUT2D eigenvalue weighted by Gasteiger charge is 2.40. The number of anilines is 2. The van der Waals surface area contributed by atoms with Crippen molar-refractivity contribution in [1.29, 1.82) is 0 Å². The third kappa shape index (κ3) is 2.46. The van der Waals surface area contributed by atoms with E-state index in [1.807, 2.05) is 42.5 Å². The number of ketones is 1. The third-order valence-electron chi connectivity index (χ3n) is 5.86. The maximum Gasteiger partial charge on any atom is 0.241 e. The second kappa shape index (κ2) is 6.28. The molecule has 8 nitrogen and oxygen atoms in total. The Balaban J connectivity index is 1.56. The average Bonchev–Trinajstić information content (AvgIpc) is 3.41. The minimum absolute atomic E-state index is 0.0135. The summed E-state index contributed by atoms with van der Waals surface area (Å²) in [7, 11) is 0. The molecule has 4 aromatic rings. The lowest BCUT2D eigenvalue weighted by molar-refractivity contribution is -0.116. The average molecular weight is 398 g/mol. The molecule has 0 amide bonds. The van der Waals surface area contributed by atoms with Crippen LogP contribution in [-0.2, 0) is 4.79 Å². The van der Waals surface area contributed by atoms with Crippen molar-refractivity contribution in [2.45, 2.75) is 24.8 Å². The molecule has 30 heavy (non-hydrogen) atoms. The molecule has 0 fully saturated rings. The van der Waals surface area contributed by atoms with Crippen LogP contribution in [-0.4, -0.2) is 25.5 Å². The Bertz CT molecular complexity index is 1320. The Hall–Kier alpha value is -3.94. The molecule has 0 unspecified atom stereocenters. The van der Waals surface area contributed by atoms with Crippen LogP contribution in [0.4, 0.5) is 11.9 Å². The molecule has 3 N–H and O–H groups in total. The Morgan fingerprint density at radius 1 is 1.13 bits per heavy atom. The molecule has 4 heterocycles. The molecular weight excluding hydrogens is 380 g/mol. The fourth-order valence-electron chi connectivity index (χ4n) is 4.60. The monoisotopic (exact) mass is 398 g/mol. The van der Waals surface area contributed by atoms with Gasteiger partial charge in [-0.05, 0) is 36.2 Å². The fraction of sp³-hybridized carbons (Fsp3) is 0.182. The first-order valence-electron chi connectivity index (χ1n) is 9.81. The number of Topliss-reactive ketones (excluding diaryl/α,β-unsaturated/α-hetero) is 1. The molecule has 0 saturated heterocycles. The molecule has 1 aliphatic heterocycles. The van der Waals surface area contributed by atoms with Gasteiger partial charge in [0, 0.05) is 35.2 Å². The van der Waals surface area contributed by atoms with Crippen LogP contribution in [0.5, 0.6) is 0 Å². The number of hydrogen-bond acceptors (Lipinski definition) is 7. The summed E-state index contributed by atoms with van der Waals surface area (Å²) >= 11 is 0. The molecule has 0 saturated carbocycles. The maximum atomic E-state index is 13.4. The number of pyridine rings is 1. The number of fused-ring (bicyclic) bond motifs is 2. The second-order valence-corrected chi connectivity index (χ2v) is 7.62. The Morgan fingerprint density at radius 2 is 2.03 bits per heavy atom. The number of benzene rings is 1. The molecule has 1 aromatic carbocycles. The number of carbonyl (C=O) groups is 1. The van der Waals surface area contributed by atoms with Crippen LogP contribution in [0.2, 0.25) is 0 Å². The number of furan rings is 1. The molecule has 2 atom stereocenters. The van der Waals surface area contributed by atoms with Gasteiger partial charge in [-0.3, -0.25) is 9.78 Å². The number of aromatic nitrogens is 4. The van der Waals surface area contributed by atoms with Crippen LogP contribution < -0.4 is 11.1 Å². The first-order chi connectivity index (χ1) is 14.7. The van der Waals surface area contributed by atoms with E-state index in [0.717, 1.165) is 27.9 Å². The zero-order chi connectivity index (χ0) is 20.2. The van der Waals surface area contributed by atoms with Gasteiger partial charge in [0.2, 0.25) is 11.9 Å². The number of hydrogen-bond donors (Lipinski definition) is 2. The van der Waals surface area contributed by atoms with E-state index < -0.39 is 6.04 Å². The molecule has 1 aliphatic carbocycles. The Morgan fingerprint density at radius 3 is 2.90 bits per heavy atom. The molecule has 8 heteroatoms. The normalized spacial score (nSPS) is 20.7. The van der Waals surface area contributed by atoms with E-state index in [2.05, 4.69) is 20.4 Å². The van der Waals surface area contributed by atoms with Crippen molar-refractivity contribution in [3.63, 3.8) is 0 Å². The lowest BCUT2D eigenvalue weighted by Crippen LogP contribution is -2.33. The summed E-state index contributed by atoms with van der Waals surface area (Å²) in [4.78, 5) is 22.2. The van der Waals surface area contributed by atoms with E-state index >= 15 is 0 Å². The number of carbonyl (C=O) groups excluding carboxylic acids is 1. The van der Waals surface area contributed by atoms with Crippen LogP contribution in [0.3, 0.4) is 0 Å². The van der Waals surface area contributed by atoms with Crippen LogP contribution in [0, 0.1) is 0 Å². The van der Waals surface area contributed by atoms with Crippen molar-refractivity contribution >= 4 is 28.6 Å². The number of rotatable bonds is 2. The first kappa shape index (κ1) is 17.0. The minimum Gasteiger partial charge on any atom is -0.469 e. The summed E-state index contributed by atoms with van der Waals surface area (Å²) in [5, 5.41) is 8.68. The van der Waals surface area contributed by atoms with Gasteiger partial charge in [0.1, 0.15) is 11.8 Å². The van der Waals surface area contributed by atoms with Crippen LogP contribution in [0.25, 0.3) is 10.9 Å². The van der Waals surface area contributed by atoms with Crippen LogP contribution in [0.1, 0.15) is 36.1 Å². The molecule has 3 aromatic heterocycles. The lowest BCUT2D eigenvalue weighted by atomic mass is 9.79. The molecular formula is C22H18N6O2. The van der Waals surface area contributed by atoms with Gasteiger partial charge < -0.3 is 15.5 Å². The van der Waals surface area contributed by atoms with Crippen molar-refractivity contribution < 1.29 is 9.21 Å². The summed E-state index contributed by atoms with van der Waals surface area (Å²) in [6.07, 6.45) is 4.44. The van der Waals surface area contributed by atoms with Crippen LogP contribution in [0.15, 0.2) is 70.6 Å². The number of nitrogens with one attached hydrogen (secondary N) is 1. The topological polar surface area (TPSA) is 112 Å². The van der Waals surface area contributed by atoms with Crippen molar-refractivity contribution in [3.05, 3.63) is 77.5 Å². The van der Waals surface area contributed by atoms with E-state index in [9.17, 15) is 4.79 Å². The smallest absolute Gasteiger partial charge is 0.241 e. The van der Waals surface area contributed by atoms with E-state index in [1.165, 1.54) is 0 Å². The molecule has 0 radical (unpaired) electrons. The Labute approximate surface area is 171 Å². The quantitative estimate of drug-likeness (QED) is 0.532. The van der Waals surface area contributed by atoms with Crippen molar-refractivity contribution in [2.24, 2.45) is 0 Å². The van der Waals surface area contributed by atoms with Gasteiger partial charge in [-0.15, -0.1) is 5.10 Å². The predicted octanol–water partition coefficient (Wildman–Crippen LogP) is 3.42. The van der Waals surface area contributed by atoms with E-state index in [0.29, 0.717) is 24.4 Å². The van der Waals surface area contributed by atoms with Gasteiger partial charge in [-0.2, -0.15) is 4.98 Å². The summed E-state index contributed by atoms with van der Waals surface area (Å²) in [5.41, 5.74) is 9.28. The molecule has 6 rings (SSSR count). The summed E-state index contributed by atoms with van der Waals surface area (Å²) in [6.45, 7) is 0. The first-order valence-corrected chi connectivity index (χ1v) is 9.81. The fourth-order valence-corrected chi connectivity index (χ4v) is 4.60. The maximum absolute atomic E-state index is 13.4. The number of para-hydroxylation sites is 1. The molecule has 2 aliphatic rings. The number of nitrogen functional groups attached to an aromatic ring is 1. The van der Waals surface area contributed by atoms with E-state index in [-0.39, 0.29) is 17.6 Å². The summed E-state index contributed by atoms with van der Waals surface area (Å²) < 4.78 is 7.29. The second-order valence-electron chi connectivity index (χ2n) is 7.62. The zero-order valence-electron chi connectivity index (χ0n) is 15.9. The van der Waals surface area contributed by atoms with E-state index in [1.54, 1.807) is 17.1 Å². The molecule has 148 valence electrons. The highest BCUT2D eigenvalue weighted by atomic mass is 16.3. The zero-order valence-corrected chi connectivity index (χ0v) is 15.9. The predicted molar refractivity (Wildman–Crippen MR) is 111 cm³/mol. The number of allylic oxidation sites excluding steroid dienone is 2. The highest BCUT2D eigenvalue weighted by molar-refractivity contribution is 6.01. The van der Waals surface area contributed by atoms with Crippen LogP contribution >= 0.6 is 0 Å². The standard InChI is InChI=1S/C22H18N6O2/c23-21-26-22-25-16-10-12(18-6-3-9-30-18)11-17(29)19(16)20(28(22)27-21)14-7-8-24-15-5-2-1-4-13(14)15/h1-9,12,20H,10-11H2,(H3,23,25,26,27)/t12-,20-/m0/s1. The highest BCUT2D eigenvalue weighted by Crippen LogP contribution is 2.45. The van der Waals surface area contributed by atoms with Gasteiger partial charge in [0.05, 0.1) is 11.8 Å². The largest absolute Gasteiger partial charge is 0.469 e. The number of nitrogens with two attached hydrogens (primary N) is 1.